The largest absolute Gasteiger partial charge is 0.486 e. The second-order valence-corrected chi connectivity index (χ2v) is 7.15. The number of amides is 1. The average molecular weight is 416 g/mol. The fourth-order valence-corrected chi connectivity index (χ4v) is 3.04. The van der Waals surface area contributed by atoms with E-state index in [1.165, 1.54) is 13.0 Å². The number of halogens is 1. The van der Waals surface area contributed by atoms with Crippen molar-refractivity contribution in [2.75, 3.05) is 18.5 Å². The Morgan fingerprint density at radius 1 is 1.17 bits per heavy atom. The summed E-state index contributed by atoms with van der Waals surface area (Å²) < 4.78 is 16.2. The predicted molar refractivity (Wildman–Crippen MR) is 112 cm³/mol. The Morgan fingerprint density at radius 3 is 2.72 bits per heavy atom. The molecule has 0 saturated heterocycles. The van der Waals surface area contributed by atoms with Crippen LogP contribution in [0.2, 0.25) is 5.02 Å². The minimum Gasteiger partial charge on any atom is -0.486 e. The van der Waals surface area contributed by atoms with Gasteiger partial charge in [-0.05, 0) is 61.7 Å². The number of ether oxygens (including phenoxy) is 3. The monoisotopic (exact) mass is 415 g/mol. The molecule has 3 rings (SSSR count). The lowest BCUT2D eigenvalue weighted by atomic mass is 10.1. The minimum absolute atomic E-state index is 0.400. The number of esters is 1. The van der Waals surface area contributed by atoms with E-state index in [0.29, 0.717) is 41.0 Å². The summed E-state index contributed by atoms with van der Waals surface area (Å²) in [5.74, 6) is -0.0186. The fraction of sp³-hybridized carbons (Fsp3) is 0.273. The Bertz CT molecular complexity index is 970. The van der Waals surface area contributed by atoms with Gasteiger partial charge in [0.05, 0.1) is 5.02 Å². The zero-order chi connectivity index (χ0) is 21.0. The van der Waals surface area contributed by atoms with Crippen molar-refractivity contribution >= 4 is 35.2 Å². The average Bonchev–Trinajstić information content (AvgIpc) is 2.69. The lowest BCUT2D eigenvalue weighted by Gasteiger charge is -2.19. The molecule has 1 atom stereocenters. The van der Waals surface area contributed by atoms with E-state index in [9.17, 15) is 9.59 Å². The highest BCUT2D eigenvalue weighted by atomic mass is 35.5. The summed E-state index contributed by atoms with van der Waals surface area (Å²) in [6.45, 7) is 6.23. The van der Waals surface area contributed by atoms with Gasteiger partial charge >= 0.3 is 5.97 Å². The molecule has 7 heteroatoms. The van der Waals surface area contributed by atoms with E-state index in [0.717, 1.165) is 11.1 Å². The van der Waals surface area contributed by atoms with Gasteiger partial charge in [0.2, 0.25) is 0 Å². The Kier molecular flexibility index (Phi) is 6.44. The van der Waals surface area contributed by atoms with Crippen LogP contribution in [0.5, 0.6) is 11.5 Å². The number of benzene rings is 2. The molecule has 152 valence electrons. The van der Waals surface area contributed by atoms with Crippen molar-refractivity contribution in [1.82, 2.24) is 0 Å². The third-order valence-electron chi connectivity index (χ3n) is 4.34. The summed E-state index contributed by atoms with van der Waals surface area (Å²) in [5.41, 5.74) is 3.30. The maximum Gasteiger partial charge on any atom is 0.331 e. The number of hydrogen-bond acceptors (Lipinski definition) is 5. The first-order chi connectivity index (χ1) is 13.8. The normalized spacial score (nSPS) is 13.8. The third-order valence-corrected chi connectivity index (χ3v) is 4.62. The lowest BCUT2D eigenvalue weighted by molar-refractivity contribution is -0.148. The molecule has 0 spiro atoms. The minimum atomic E-state index is -0.948. The molecule has 0 aliphatic carbocycles. The van der Waals surface area contributed by atoms with Crippen LogP contribution < -0.4 is 14.8 Å². The number of hydrogen-bond donors (Lipinski definition) is 1. The second-order valence-electron chi connectivity index (χ2n) is 6.75. The third kappa shape index (κ3) is 5.29. The number of carbonyl (C=O) groups is 2. The number of fused-ring (bicyclic) bond motifs is 1. The van der Waals surface area contributed by atoms with Crippen LogP contribution in [0.25, 0.3) is 6.08 Å². The molecule has 1 amide bonds. The van der Waals surface area contributed by atoms with Crippen molar-refractivity contribution in [3.05, 3.63) is 58.1 Å². The van der Waals surface area contributed by atoms with Crippen LogP contribution >= 0.6 is 11.6 Å². The summed E-state index contributed by atoms with van der Waals surface area (Å²) in [6.07, 6.45) is 1.83. The highest BCUT2D eigenvalue weighted by Crippen LogP contribution is 2.38. The summed E-state index contributed by atoms with van der Waals surface area (Å²) >= 11 is 6.18. The first-order valence-electron chi connectivity index (χ1n) is 9.19. The molecule has 0 aromatic heterocycles. The maximum atomic E-state index is 12.3. The second kappa shape index (κ2) is 9.01. The topological polar surface area (TPSA) is 73.9 Å². The van der Waals surface area contributed by atoms with Crippen LogP contribution in [0.4, 0.5) is 5.69 Å². The number of aryl methyl sites for hydroxylation is 2. The Hall–Kier alpha value is -2.99. The molecule has 6 nitrogen and oxygen atoms in total. The van der Waals surface area contributed by atoms with E-state index in [2.05, 4.69) is 5.32 Å². The van der Waals surface area contributed by atoms with Crippen molar-refractivity contribution in [3.8, 4) is 11.5 Å². The molecule has 29 heavy (non-hydrogen) atoms. The molecule has 1 aliphatic rings. The van der Waals surface area contributed by atoms with Crippen LogP contribution in [-0.2, 0) is 14.3 Å². The predicted octanol–water partition coefficient (Wildman–Crippen LogP) is 4.31. The molecule has 0 unspecified atom stereocenters. The summed E-state index contributed by atoms with van der Waals surface area (Å²) in [5, 5.41) is 3.18. The lowest BCUT2D eigenvalue weighted by Crippen LogP contribution is -2.29. The Morgan fingerprint density at radius 2 is 1.93 bits per heavy atom. The first-order valence-corrected chi connectivity index (χ1v) is 9.57. The van der Waals surface area contributed by atoms with Crippen LogP contribution in [0.3, 0.4) is 0 Å². The molecular weight excluding hydrogens is 394 g/mol. The van der Waals surface area contributed by atoms with E-state index in [1.54, 1.807) is 18.2 Å². The van der Waals surface area contributed by atoms with E-state index >= 15 is 0 Å². The van der Waals surface area contributed by atoms with E-state index in [4.69, 9.17) is 25.8 Å². The number of anilines is 1. The van der Waals surface area contributed by atoms with Gasteiger partial charge in [0, 0.05) is 11.8 Å². The van der Waals surface area contributed by atoms with Crippen LogP contribution in [0, 0.1) is 13.8 Å². The van der Waals surface area contributed by atoms with Crippen LogP contribution in [0.15, 0.2) is 36.4 Å². The molecule has 1 N–H and O–H groups in total. The zero-order valence-electron chi connectivity index (χ0n) is 16.5. The zero-order valence-corrected chi connectivity index (χ0v) is 17.2. The van der Waals surface area contributed by atoms with Gasteiger partial charge in [-0.3, -0.25) is 4.79 Å². The quantitative estimate of drug-likeness (QED) is 0.581. The van der Waals surface area contributed by atoms with Gasteiger partial charge in [0.25, 0.3) is 5.91 Å². The molecule has 2 aromatic rings. The number of nitrogens with one attached hydrogen (secondary N) is 1. The molecule has 0 bridgehead atoms. The summed E-state index contributed by atoms with van der Waals surface area (Å²) in [6, 6.07) is 9.13. The van der Waals surface area contributed by atoms with E-state index in [1.807, 2.05) is 32.0 Å². The van der Waals surface area contributed by atoms with Crippen molar-refractivity contribution in [2.24, 2.45) is 0 Å². The molecule has 0 saturated carbocycles. The molecule has 2 aromatic carbocycles. The highest BCUT2D eigenvalue weighted by Gasteiger charge is 2.18. The first kappa shape index (κ1) is 20.7. The van der Waals surface area contributed by atoms with Gasteiger partial charge in [-0.15, -0.1) is 0 Å². The standard InChI is InChI=1S/C22H22ClNO5/c1-13-4-5-14(2)18(10-13)24-22(26)15(3)29-20(25)7-6-16-11-17(23)21-19(12-16)27-8-9-28-21/h4-7,10-12,15H,8-9H2,1-3H3,(H,24,26)/b7-6+/t15-/m1/s1. The SMILES string of the molecule is Cc1ccc(C)c(NC(=O)[C@@H](C)OC(=O)/C=C/c2cc(Cl)c3c(c2)OCCO3)c1. The summed E-state index contributed by atoms with van der Waals surface area (Å²) in [7, 11) is 0. The van der Waals surface area contributed by atoms with Gasteiger partial charge in [-0.25, -0.2) is 4.79 Å². The molecule has 1 heterocycles. The molecular formula is C22H22ClNO5. The van der Waals surface area contributed by atoms with E-state index in [-0.39, 0.29) is 0 Å². The van der Waals surface area contributed by atoms with E-state index < -0.39 is 18.0 Å². The van der Waals surface area contributed by atoms with Gasteiger partial charge in [0.1, 0.15) is 13.2 Å². The van der Waals surface area contributed by atoms with Gasteiger partial charge in [-0.2, -0.15) is 0 Å². The molecule has 0 fully saturated rings. The molecule has 1 aliphatic heterocycles. The van der Waals surface area contributed by atoms with Crippen LogP contribution in [-0.4, -0.2) is 31.2 Å². The van der Waals surface area contributed by atoms with Crippen molar-refractivity contribution in [1.29, 1.82) is 0 Å². The van der Waals surface area contributed by atoms with Gasteiger partial charge in [0.15, 0.2) is 17.6 Å². The van der Waals surface area contributed by atoms with Crippen LogP contribution in [0.1, 0.15) is 23.6 Å². The smallest absolute Gasteiger partial charge is 0.331 e. The highest BCUT2D eigenvalue weighted by molar-refractivity contribution is 6.32. The summed E-state index contributed by atoms with van der Waals surface area (Å²) in [4.78, 5) is 24.4. The maximum absolute atomic E-state index is 12.3. The number of carbonyl (C=O) groups excluding carboxylic acids is 2. The van der Waals surface area contributed by atoms with Crippen molar-refractivity contribution < 1.29 is 23.8 Å². The number of rotatable bonds is 5. The van der Waals surface area contributed by atoms with Crippen molar-refractivity contribution in [3.63, 3.8) is 0 Å². The molecule has 0 radical (unpaired) electrons. The Balaban J connectivity index is 1.60. The van der Waals surface area contributed by atoms with Gasteiger partial charge < -0.3 is 19.5 Å². The van der Waals surface area contributed by atoms with Gasteiger partial charge in [-0.1, -0.05) is 23.7 Å². The van der Waals surface area contributed by atoms with Crippen molar-refractivity contribution in [2.45, 2.75) is 26.9 Å². The fourth-order valence-electron chi connectivity index (χ4n) is 2.76. The Labute approximate surface area is 174 Å².